The van der Waals surface area contributed by atoms with Gasteiger partial charge in [0.2, 0.25) is 0 Å². The second-order valence-corrected chi connectivity index (χ2v) is 17.8. The second kappa shape index (κ2) is 49.5. The molecule has 0 aliphatic heterocycles. The highest BCUT2D eigenvalue weighted by Gasteiger charge is 2.19. The average molecular weight is 845 g/mol. The molecule has 0 aliphatic carbocycles. The first kappa shape index (κ1) is 57.9. The molecule has 352 valence electrons. The Morgan fingerprint density at radius 1 is 0.317 bits per heavy atom. The number of hydrogen-bond acceptors (Lipinski definition) is 6. The van der Waals surface area contributed by atoms with Crippen LogP contribution < -0.4 is 0 Å². The fourth-order valence-electron chi connectivity index (χ4n) is 7.67. The zero-order valence-electron chi connectivity index (χ0n) is 40.2. The Hall–Kier alpha value is -2.11. The Morgan fingerprint density at radius 3 is 0.850 bits per heavy atom. The van der Waals surface area contributed by atoms with Crippen LogP contribution in [0.4, 0.5) is 0 Å². The summed E-state index contributed by atoms with van der Waals surface area (Å²) in [5.74, 6) is -0.886. The van der Waals surface area contributed by atoms with E-state index in [1.807, 2.05) is 0 Å². The molecule has 0 heterocycles. The van der Waals surface area contributed by atoms with Gasteiger partial charge in [0.05, 0.1) is 0 Å². The summed E-state index contributed by atoms with van der Waals surface area (Å²) in [6.07, 6.45) is 55.9. The molecule has 0 saturated heterocycles. The number of allylic oxidation sites excluding steroid dienone is 4. The summed E-state index contributed by atoms with van der Waals surface area (Å²) in [6.45, 7) is 6.62. The highest BCUT2D eigenvalue weighted by molar-refractivity contribution is 5.71. The molecule has 60 heavy (non-hydrogen) atoms. The molecule has 0 rings (SSSR count). The lowest BCUT2D eigenvalue weighted by molar-refractivity contribution is -0.167. The van der Waals surface area contributed by atoms with E-state index in [4.69, 9.17) is 14.2 Å². The number of hydrogen-bond donors (Lipinski definition) is 0. The van der Waals surface area contributed by atoms with Crippen LogP contribution in [-0.4, -0.2) is 37.2 Å². The smallest absolute Gasteiger partial charge is 0.306 e. The van der Waals surface area contributed by atoms with Crippen LogP contribution in [0.2, 0.25) is 0 Å². The Balaban J connectivity index is 4.30. The molecule has 0 aromatic heterocycles. The molecule has 0 aromatic carbocycles. The molecule has 0 radical (unpaired) electrons. The van der Waals surface area contributed by atoms with E-state index in [0.29, 0.717) is 19.3 Å². The van der Waals surface area contributed by atoms with Crippen LogP contribution in [0.25, 0.3) is 0 Å². The van der Waals surface area contributed by atoms with Crippen molar-refractivity contribution in [2.24, 2.45) is 0 Å². The molecule has 1 unspecified atom stereocenters. The van der Waals surface area contributed by atoms with E-state index in [2.05, 4.69) is 45.1 Å². The number of carbonyl (C=O) groups excluding carboxylic acids is 3. The number of esters is 3. The molecule has 6 heteroatoms. The molecule has 0 N–H and O–H groups in total. The average Bonchev–Trinajstić information content (AvgIpc) is 3.24. The molecule has 0 amide bonds. The molecule has 0 aromatic rings. The maximum Gasteiger partial charge on any atom is 0.306 e. The van der Waals surface area contributed by atoms with E-state index in [0.717, 1.165) is 70.6 Å². The zero-order chi connectivity index (χ0) is 43.7. The molecule has 0 fully saturated rings. The fraction of sp³-hybridized carbons (Fsp3) is 0.870. The van der Waals surface area contributed by atoms with Crippen LogP contribution in [0.1, 0.15) is 284 Å². The summed E-state index contributed by atoms with van der Waals surface area (Å²) in [4.78, 5) is 37.9. The van der Waals surface area contributed by atoms with Crippen LogP contribution >= 0.6 is 0 Å². The molecule has 0 spiro atoms. The topological polar surface area (TPSA) is 78.9 Å². The minimum atomic E-state index is -0.775. The van der Waals surface area contributed by atoms with Crippen LogP contribution in [0.5, 0.6) is 0 Å². The normalized spacial score (nSPS) is 12.1. The zero-order valence-corrected chi connectivity index (χ0v) is 40.2. The lowest BCUT2D eigenvalue weighted by Crippen LogP contribution is -2.30. The van der Waals surface area contributed by atoms with Gasteiger partial charge in [-0.15, -0.1) is 0 Å². The van der Waals surface area contributed by atoms with Crippen molar-refractivity contribution >= 4 is 17.9 Å². The monoisotopic (exact) mass is 845 g/mol. The van der Waals surface area contributed by atoms with Crippen LogP contribution in [0.3, 0.4) is 0 Å². The Morgan fingerprint density at radius 2 is 0.550 bits per heavy atom. The third kappa shape index (κ3) is 46.9. The summed E-state index contributed by atoms with van der Waals surface area (Å²) in [5.41, 5.74) is 0. The summed E-state index contributed by atoms with van der Waals surface area (Å²) >= 11 is 0. The van der Waals surface area contributed by atoms with Gasteiger partial charge in [0.15, 0.2) is 6.10 Å². The van der Waals surface area contributed by atoms with E-state index >= 15 is 0 Å². The van der Waals surface area contributed by atoms with Crippen molar-refractivity contribution < 1.29 is 28.6 Å². The molecular formula is C54H100O6. The minimum absolute atomic E-state index is 0.0753. The first-order valence-electron chi connectivity index (χ1n) is 26.3. The van der Waals surface area contributed by atoms with Crippen LogP contribution in [-0.2, 0) is 28.6 Å². The van der Waals surface area contributed by atoms with Gasteiger partial charge < -0.3 is 14.2 Å². The highest BCUT2D eigenvalue weighted by Crippen LogP contribution is 2.15. The van der Waals surface area contributed by atoms with Gasteiger partial charge in [-0.2, -0.15) is 0 Å². The molecule has 0 bridgehead atoms. The number of rotatable bonds is 48. The van der Waals surface area contributed by atoms with Gasteiger partial charge in [0.1, 0.15) is 13.2 Å². The lowest BCUT2D eigenvalue weighted by atomic mass is 10.1. The van der Waals surface area contributed by atoms with Crippen molar-refractivity contribution in [1.82, 2.24) is 0 Å². The predicted molar refractivity (Wildman–Crippen MR) is 256 cm³/mol. The first-order valence-corrected chi connectivity index (χ1v) is 26.3. The van der Waals surface area contributed by atoms with E-state index in [9.17, 15) is 14.4 Å². The molecule has 1 atom stereocenters. The summed E-state index contributed by atoms with van der Waals surface area (Å²) in [7, 11) is 0. The van der Waals surface area contributed by atoms with Gasteiger partial charge in [0, 0.05) is 19.3 Å². The van der Waals surface area contributed by atoms with Crippen LogP contribution in [0.15, 0.2) is 24.3 Å². The van der Waals surface area contributed by atoms with E-state index in [-0.39, 0.29) is 31.1 Å². The van der Waals surface area contributed by atoms with Crippen molar-refractivity contribution in [3.8, 4) is 0 Å². The Bertz CT molecular complexity index is 973. The van der Waals surface area contributed by atoms with Crippen molar-refractivity contribution in [3.63, 3.8) is 0 Å². The van der Waals surface area contributed by atoms with E-state index in [1.54, 1.807) is 0 Å². The molecule has 0 saturated carbocycles. The largest absolute Gasteiger partial charge is 0.462 e. The fourth-order valence-corrected chi connectivity index (χ4v) is 7.67. The predicted octanol–water partition coefficient (Wildman–Crippen LogP) is 17.2. The molecular weight excluding hydrogens is 745 g/mol. The van der Waals surface area contributed by atoms with Gasteiger partial charge in [-0.25, -0.2) is 0 Å². The number of carbonyl (C=O) groups is 3. The maximum absolute atomic E-state index is 12.8. The highest BCUT2D eigenvalue weighted by atomic mass is 16.6. The van der Waals surface area contributed by atoms with Gasteiger partial charge in [-0.3, -0.25) is 14.4 Å². The van der Waals surface area contributed by atoms with E-state index < -0.39 is 6.10 Å². The van der Waals surface area contributed by atoms with Gasteiger partial charge in [0.25, 0.3) is 0 Å². The summed E-state index contributed by atoms with van der Waals surface area (Å²) in [6, 6.07) is 0. The number of unbranched alkanes of at least 4 members (excludes halogenated alkanes) is 33. The third-order valence-corrected chi connectivity index (χ3v) is 11.7. The van der Waals surface area contributed by atoms with Gasteiger partial charge in [-0.1, -0.05) is 218 Å². The second-order valence-electron chi connectivity index (χ2n) is 17.8. The van der Waals surface area contributed by atoms with Gasteiger partial charge >= 0.3 is 17.9 Å². The molecule has 6 nitrogen and oxygen atoms in total. The van der Waals surface area contributed by atoms with Crippen LogP contribution in [0, 0.1) is 0 Å². The summed E-state index contributed by atoms with van der Waals surface area (Å²) in [5, 5.41) is 0. The Kier molecular flexibility index (Phi) is 47.8. The van der Waals surface area contributed by atoms with Crippen molar-refractivity contribution in [2.45, 2.75) is 290 Å². The standard InChI is InChI=1S/C54H100O6/c1-4-7-10-13-16-19-22-24-25-26-27-28-29-31-32-35-38-41-44-47-53(56)59-50-51(49-58-52(55)46-43-40-37-34-21-18-15-12-9-6-3)60-54(57)48-45-42-39-36-33-30-23-20-17-14-11-8-5-2/h26-27,30,33,51H,4-25,28-29,31-32,34-50H2,1-3H3/b27-26-,33-30-. The first-order chi connectivity index (χ1) is 29.5. The van der Waals surface area contributed by atoms with Gasteiger partial charge in [-0.05, 0) is 70.6 Å². The number of ether oxygens (including phenoxy) is 3. The third-order valence-electron chi connectivity index (χ3n) is 11.7. The minimum Gasteiger partial charge on any atom is -0.462 e. The molecule has 0 aliphatic rings. The van der Waals surface area contributed by atoms with E-state index in [1.165, 1.54) is 173 Å². The quantitative estimate of drug-likeness (QED) is 0.0263. The maximum atomic E-state index is 12.8. The van der Waals surface area contributed by atoms with Crippen molar-refractivity contribution in [3.05, 3.63) is 24.3 Å². The lowest BCUT2D eigenvalue weighted by Gasteiger charge is -2.18. The van der Waals surface area contributed by atoms with Crippen molar-refractivity contribution in [2.75, 3.05) is 13.2 Å². The summed E-state index contributed by atoms with van der Waals surface area (Å²) < 4.78 is 16.8. The SMILES string of the molecule is CCCCCCCC/C=C\CCCCCC(=O)OC(COC(=O)CCCCCCCCC/C=C\CCCCCCCCCC)COC(=O)CCCCCCCCCCCC. The van der Waals surface area contributed by atoms with Crippen molar-refractivity contribution in [1.29, 1.82) is 0 Å². The Labute approximate surface area is 373 Å².